The van der Waals surface area contributed by atoms with Crippen LogP contribution in [0.15, 0.2) is 34.4 Å². The molecule has 3 N–H and O–H groups in total. The van der Waals surface area contributed by atoms with E-state index in [-0.39, 0.29) is 0 Å². The summed E-state index contributed by atoms with van der Waals surface area (Å²) in [4.78, 5) is 4.47. The summed E-state index contributed by atoms with van der Waals surface area (Å²) in [6, 6.07) is 8.49. The van der Waals surface area contributed by atoms with Crippen molar-refractivity contribution in [2.24, 2.45) is 10.7 Å². The topological polar surface area (TPSA) is 90.3 Å². The maximum atomic E-state index is 6.07. The van der Waals surface area contributed by atoms with Gasteiger partial charge in [-0.15, -0.1) is 10.2 Å². The average molecular weight is 403 g/mol. The van der Waals surface area contributed by atoms with Crippen molar-refractivity contribution < 1.29 is 4.74 Å². The Morgan fingerprint density at radius 2 is 2.11 bits per heavy atom. The first-order valence-corrected chi connectivity index (χ1v) is 11.1. The van der Waals surface area contributed by atoms with Crippen LogP contribution in [0.4, 0.5) is 5.69 Å². The molecule has 1 fully saturated rings. The molecule has 0 bridgehead atoms. The summed E-state index contributed by atoms with van der Waals surface area (Å²) in [6.45, 7) is 1.18. The lowest BCUT2D eigenvalue weighted by atomic mass is 10.2. The first-order chi connectivity index (χ1) is 13.7. The van der Waals surface area contributed by atoms with Gasteiger partial charge >= 0.3 is 0 Å². The van der Waals surface area contributed by atoms with Crippen LogP contribution in [0.3, 0.4) is 0 Å². The van der Waals surface area contributed by atoms with Crippen LogP contribution in [-0.2, 0) is 17.8 Å². The fourth-order valence-electron chi connectivity index (χ4n) is 3.68. The van der Waals surface area contributed by atoms with Crippen LogP contribution in [0.1, 0.15) is 49.5 Å². The number of para-hydroxylation sites is 1. The van der Waals surface area contributed by atoms with Gasteiger partial charge in [-0.3, -0.25) is 4.99 Å². The summed E-state index contributed by atoms with van der Waals surface area (Å²) >= 11 is 1.68. The van der Waals surface area contributed by atoms with E-state index < -0.39 is 0 Å². The molecule has 0 amide bonds. The number of nitrogens with two attached hydrogens (primary N) is 1. The standard InChI is InChI=1S/C20H30N6OS/c1-27-14-15-8-3-6-11-17(15)23-19(21)22-13-7-12-18-24-25-20(28-2)26(18)16-9-4-5-10-16/h3,6,8,11,16H,4-5,7,9-10,12-14H2,1-2H3,(H3,21,22,23). The second kappa shape index (κ2) is 10.5. The normalized spacial score (nSPS) is 15.3. The van der Waals surface area contributed by atoms with Crippen LogP contribution in [0.2, 0.25) is 0 Å². The predicted molar refractivity (Wildman–Crippen MR) is 115 cm³/mol. The number of aliphatic imine (C=N–C) groups is 1. The highest BCUT2D eigenvalue weighted by Crippen LogP contribution is 2.33. The Morgan fingerprint density at radius 1 is 1.32 bits per heavy atom. The molecule has 0 saturated heterocycles. The van der Waals surface area contributed by atoms with Crippen molar-refractivity contribution in [1.29, 1.82) is 0 Å². The number of aryl methyl sites for hydroxylation is 1. The smallest absolute Gasteiger partial charge is 0.193 e. The molecule has 0 radical (unpaired) electrons. The molecular formula is C20H30N6OS. The van der Waals surface area contributed by atoms with Crippen molar-refractivity contribution in [3.8, 4) is 0 Å². The molecule has 1 aliphatic carbocycles. The van der Waals surface area contributed by atoms with Crippen LogP contribution < -0.4 is 11.1 Å². The van der Waals surface area contributed by atoms with Crippen LogP contribution in [0, 0.1) is 0 Å². The van der Waals surface area contributed by atoms with Gasteiger partial charge in [0.15, 0.2) is 11.1 Å². The van der Waals surface area contributed by atoms with E-state index in [0.717, 1.165) is 35.1 Å². The molecule has 0 spiro atoms. The number of methoxy groups -OCH3 is 1. The molecule has 1 saturated carbocycles. The fraction of sp³-hybridized carbons (Fsp3) is 0.550. The highest BCUT2D eigenvalue weighted by molar-refractivity contribution is 7.98. The molecule has 152 valence electrons. The Kier molecular flexibility index (Phi) is 7.73. The van der Waals surface area contributed by atoms with Crippen LogP contribution in [0.25, 0.3) is 0 Å². The summed E-state index contributed by atoms with van der Waals surface area (Å²) in [5, 5.41) is 13.0. The van der Waals surface area contributed by atoms with Crippen LogP contribution in [0.5, 0.6) is 0 Å². The van der Waals surface area contributed by atoms with E-state index in [0.29, 0.717) is 25.2 Å². The van der Waals surface area contributed by atoms with Gasteiger partial charge in [0.1, 0.15) is 5.82 Å². The van der Waals surface area contributed by atoms with Crippen molar-refractivity contribution in [3.63, 3.8) is 0 Å². The molecule has 2 aromatic rings. The molecule has 8 heteroatoms. The van der Waals surface area contributed by atoms with E-state index in [1.165, 1.54) is 25.7 Å². The molecule has 0 aliphatic heterocycles. The Labute approximate surface area is 171 Å². The Balaban J connectivity index is 1.55. The number of ether oxygens (including phenoxy) is 1. The molecule has 1 aliphatic rings. The number of rotatable bonds is 9. The Hall–Kier alpha value is -2.06. The van der Waals surface area contributed by atoms with E-state index in [9.17, 15) is 0 Å². The maximum absolute atomic E-state index is 6.07. The zero-order valence-electron chi connectivity index (χ0n) is 16.7. The van der Waals surface area contributed by atoms with Gasteiger partial charge in [0, 0.05) is 37.4 Å². The van der Waals surface area contributed by atoms with Crippen LogP contribution >= 0.6 is 11.8 Å². The molecule has 1 aromatic heterocycles. The SMILES string of the molecule is COCc1ccccc1NC(N)=NCCCc1nnc(SC)n1C1CCCC1. The number of anilines is 1. The lowest BCUT2D eigenvalue weighted by molar-refractivity contribution is 0.185. The van der Waals surface area contributed by atoms with Gasteiger partial charge in [-0.2, -0.15) is 0 Å². The summed E-state index contributed by atoms with van der Waals surface area (Å²) in [5.74, 6) is 1.49. The monoisotopic (exact) mass is 402 g/mol. The van der Waals surface area contributed by atoms with E-state index in [1.807, 2.05) is 24.3 Å². The molecule has 28 heavy (non-hydrogen) atoms. The summed E-state index contributed by atoms with van der Waals surface area (Å²) in [5.41, 5.74) is 8.05. The minimum absolute atomic E-state index is 0.422. The second-order valence-electron chi connectivity index (χ2n) is 7.00. The number of guanidine groups is 1. The lowest BCUT2D eigenvalue weighted by Gasteiger charge is -2.16. The van der Waals surface area contributed by atoms with E-state index in [2.05, 4.69) is 31.3 Å². The number of aromatic nitrogens is 3. The number of nitrogens with one attached hydrogen (secondary N) is 1. The second-order valence-corrected chi connectivity index (χ2v) is 7.77. The highest BCUT2D eigenvalue weighted by atomic mass is 32.2. The largest absolute Gasteiger partial charge is 0.380 e. The minimum Gasteiger partial charge on any atom is -0.380 e. The highest BCUT2D eigenvalue weighted by Gasteiger charge is 2.23. The third-order valence-electron chi connectivity index (χ3n) is 5.03. The van der Waals surface area contributed by atoms with Crippen LogP contribution in [-0.4, -0.2) is 40.6 Å². The van der Waals surface area contributed by atoms with Crippen molar-refractivity contribution >= 4 is 23.4 Å². The minimum atomic E-state index is 0.422. The van der Waals surface area contributed by atoms with Crippen molar-refractivity contribution in [2.75, 3.05) is 25.2 Å². The summed E-state index contributed by atoms with van der Waals surface area (Å²) in [7, 11) is 1.68. The van der Waals surface area contributed by atoms with Gasteiger partial charge in [0.05, 0.1) is 6.61 Å². The molecule has 7 nitrogen and oxygen atoms in total. The predicted octanol–water partition coefficient (Wildman–Crippen LogP) is 3.62. The van der Waals surface area contributed by atoms with Gasteiger partial charge in [-0.1, -0.05) is 42.8 Å². The third kappa shape index (κ3) is 5.26. The number of benzene rings is 1. The fourth-order valence-corrected chi connectivity index (χ4v) is 4.26. The molecule has 1 heterocycles. The zero-order valence-corrected chi connectivity index (χ0v) is 17.5. The number of hydrogen-bond acceptors (Lipinski definition) is 5. The first kappa shape index (κ1) is 20.7. The van der Waals surface area contributed by atoms with E-state index >= 15 is 0 Å². The Bertz CT molecular complexity index is 785. The Morgan fingerprint density at radius 3 is 2.86 bits per heavy atom. The van der Waals surface area contributed by atoms with Crippen molar-refractivity contribution in [3.05, 3.63) is 35.7 Å². The zero-order chi connectivity index (χ0) is 19.8. The van der Waals surface area contributed by atoms with Gasteiger partial charge in [-0.05, 0) is 31.6 Å². The number of hydrogen-bond donors (Lipinski definition) is 2. The van der Waals surface area contributed by atoms with Gasteiger partial charge in [0.2, 0.25) is 0 Å². The molecular weight excluding hydrogens is 372 g/mol. The lowest BCUT2D eigenvalue weighted by Crippen LogP contribution is -2.23. The summed E-state index contributed by atoms with van der Waals surface area (Å²) < 4.78 is 7.58. The molecule has 3 rings (SSSR count). The van der Waals surface area contributed by atoms with Crippen molar-refractivity contribution in [1.82, 2.24) is 14.8 Å². The van der Waals surface area contributed by atoms with Gasteiger partial charge in [-0.25, -0.2) is 0 Å². The number of nitrogens with zero attached hydrogens (tertiary/aromatic N) is 4. The summed E-state index contributed by atoms with van der Waals surface area (Å²) in [6.07, 6.45) is 8.88. The first-order valence-electron chi connectivity index (χ1n) is 9.84. The molecule has 0 atom stereocenters. The quantitative estimate of drug-likeness (QED) is 0.288. The van der Waals surface area contributed by atoms with E-state index in [4.69, 9.17) is 10.5 Å². The van der Waals surface area contributed by atoms with Gasteiger partial charge in [0.25, 0.3) is 0 Å². The van der Waals surface area contributed by atoms with Gasteiger partial charge < -0.3 is 20.4 Å². The number of thioether (sulfide) groups is 1. The maximum Gasteiger partial charge on any atom is 0.193 e. The molecule has 0 unspecified atom stereocenters. The average Bonchev–Trinajstić information content (AvgIpc) is 3.36. The van der Waals surface area contributed by atoms with Crippen molar-refractivity contribution in [2.45, 2.75) is 56.3 Å². The van der Waals surface area contributed by atoms with E-state index in [1.54, 1.807) is 18.9 Å². The third-order valence-corrected chi connectivity index (χ3v) is 5.67. The molecule has 1 aromatic carbocycles.